The normalized spacial score (nSPS) is 11.3. The van der Waals surface area contributed by atoms with Gasteiger partial charge in [-0.1, -0.05) is 17.7 Å². The second-order valence-electron chi connectivity index (χ2n) is 3.26. The largest absolute Gasteiger partial charge is 0.276 e. The molecule has 0 saturated carbocycles. The number of nitrogens with one attached hydrogen (secondary N) is 1. The second-order valence-corrected chi connectivity index (χ2v) is 4.92. The lowest BCUT2D eigenvalue weighted by molar-refractivity contribution is 0.590. The zero-order valence-electron chi connectivity index (χ0n) is 8.53. The summed E-state index contributed by atoms with van der Waals surface area (Å²) in [5.41, 5.74) is 1.000. The number of benzene rings is 1. The smallest absolute Gasteiger partial charge is 0.200 e. The van der Waals surface area contributed by atoms with Crippen molar-refractivity contribution in [3.63, 3.8) is 0 Å². The first-order valence-corrected chi connectivity index (χ1v) is 6.02. The zero-order chi connectivity index (χ0) is 11.6. The summed E-state index contributed by atoms with van der Waals surface area (Å²) in [6.45, 7) is 1.89. The summed E-state index contributed by atoms with van der Waals surface area (Å²) in [5.74, 6) is 0. The Balaban J connectivity index is 2.29. The standard InChI is InChI=1S/C9H10N4O2S/c1-8-2-4-9(5-3-8)16(14,15)12-13-7-6-10-11-13/h2-7,12H,1H3. The molecule has 0 aliphatic heterocycles. The maximum Gasteiger partial charge on any atom is 0.276 e. The zero-order valence-corrected chi connectivity index (χ0v) is 9.35. The average Bonchev–Trinajstić information content (AvgIpc) is 2.70. The highest BCUT2D eigenvalue weighted by atomic mass is 32.2. The lowest BCUT2D eigenvalue weighted by Gasteiger charge is -2.06. The van der Waals surface area contributed by atoms with E-state index in [9.17, 15) is 8.42 Å². The quantitative estimate of drug-likeness (QED) is 0.845. The Bertz CT molecular complexity index is 560. The van der Waals surface area contributed by atoms with Crippen LogP contribution in [0.3, 0.4) is 0 Å². The molecule has 0 unspecified atom stereocenters. The summed E-state index contributed by atoms with van der Waals surface area (Å²) < 4.78 is 23.6. The minimum absolute atomic E-state index is 0.189. The third kappa shape index (κ3) is 2.19. The van der Waals surface area contributed by atoms with Crippen LogP contribution >= 0.6 is 0 Å². The van der Waals surface area contributed by atoms with Gasteiger partial charge in [0.05, 0.1) is 17.3 Å². The van der Waals surface area contributed by atoms with Gasteiger partial charge >= 0.3 is 0 Å². The highest BCUT2D eigenvalue weighted by Crippen LogP contribution is 2.10. The van der Waals surface area contributed by atoms with Gasteiger partial charge in [0.25, 0.3) is 10.0 Å². The Kier molecular flexibility index (Phi) is 2.61. The fourth-order valence-corrected chi connectivity index (χ4v) is 2.09. The van der Waals surface area contributed by atoms with Crippen molar-refractivity contribution in [2.75, 3.05) is 4.83 Å². The molecule has 1 N–H and O–H groups in total. The van der Waals surface area contributed by atoms with E-state index in [1.165, 1.54) is 24.5 Å². The predicted octanol–water partition coefficient (Wildman–Crippen LogP) is 0.519. The molecule has 0 atom stereocenters. The summed E-state index contributed by atoms with van der Waals surface area (Å²) in [4.78, 5) is 3.47. The fraction of sp³-hybridized carbons (Fsp3) is 0.111. The molecule has 6 nitrogen and oxygen atoms in total. The van der Waals surface area contributed by atoms with E-state index < -0.39 is 10.0 Å². The average molecular weight is 238 g/mol. The van der Waals surface area contributed by atoms with Crippen LogP contribution in [0.4, 0.5) is 0 Å². The molecule has 0 saturated heterocycles. The second kappa shape index (κ2) is 3.93. The van der Waals surface area contributed by atoms with Crippen molar-refractivity contribution in [2.24, 2.45) is 0 Å². The Hall–Kier alpha value is -1.89. The summed E-state index contributed by atoms with van der Waals surface area (Å²) >= 11 is 0. The van der Waals surface area contributed by atoms with Crippen LogP contribution in [0, 0.1) is 6.92 Å². The van der Waals surface area contributed by atoms with Crippen molar-refractivity contribution in [3.05, 3.63) is 42.2 Å². The van der Waals surface area contributed by atoms with Crippen LogP contribution in [0.1, 0.15) is 5.56 Å². The molecule has 1 heterocycles. The summed E-state index contributed by atoms with van der Waals surface area (Å²) in [5, 5.41) is 7.02. The Morgan fingerprint density at radius 1 is 1.25 bits per heavy atom. The molecular weight excluding hydrogens is 228 g/mol. The molecule has 84 valence electrons. The Morgan fingerprint density at radius 2 is 1.94 bits per heavy atom. The first-order chi connectivity index (χ1) is 7.58. The van der Waals surface area contributed by atoms with Gasteiger partial charge in [-0.15, -0.1) is 5.10 Å². The third-order valence-corrected chi connectivity index (χ3v) is 3.29. The molecule has 0 amide bonds. The molecule has 2 aromatic rings. The van der Waals surface area contributed by atoms with Crippen LogP contribution < -0.4 is 4.83 Å². The number of hydrogen-bond donors (Lipinski definition) is 1. The molecular formula is C9H10N4O2S. The van der Waals surface area contributed by atoms with Crippen LogP contribution in [0.5, 0.6) is 0 Å². The topological polar surface area (TPSA) is 76.9 Å². The van der Waals surface area contributed by atoms with Crippen LogP contribution in [0.25, 0.3) is 0 Å². The van der Waals surface area contributed by atoms with Gasteiger partial charge in [0.15, 0.2) is 0 Å². The molecule has 1 aromatic heterocycles. The van der Waals surface area contributed by atoms with Crippen molar-refractivity contribution in [1.29, 1.82) is 0 Å². The Labute approximate surface area is 92.9 Å². The van der Waals surface area contributed by atoms with Crippen LogP contribution in [-0.4, -0.2) is 23.5 Å². The lowest BCUT2D eigenvalue weighted by atomic mass is 10.2. The molecule has 2 rings (SSSR count). The first-order valence-electron chi connectivity index (χ1n) is 4.54. The first kappa shape index (κ1) is 10.6. The summed E-state index contributed by atoms with van der Waals surface area (Å²) in [6.07, 6.45) is 2.80. The molecule has 0 spiro atoms. The van der Waals surface area contributed by atoms with Gasteiger partial charge in [0.1, 0.15) is 0 Å². The number of aromatic nitrogens is 3. The SMILES string of the molecule is Cc1ccc(S(=O)(=O)Nn2ccnn2)cc1. The lowest BCUT2D eigenvalue weighted by Crippen LogP contribution is -2.23. The Morgan fingerprint density at radius 3 is 2.50 bits per heavy atom. The number of sulfonamides is 1. The van der Waals surface area contributed by atoms with E-state index in [0.29, 0.717) is 0 Å². The molecule has 7 heteroatoms. The van der Waals surface area contributed by atoms with Crippen molar-refractivity contribution < 1.29 is 8.42 Å². The monoisotopic (exact) mass is 238 g/mol. The van der Waals surface area contributed by atoms with Gasteiger partial charge in [-0.05, 0) is 24.3 Å². The van der Waals surface area contributed by atoms with Gasteiger partial charge in [0.2, 0.25) is 0 Å². The van der Waals surface area contributed by atoms with Gasteiger partial charge in [0, 0.05) is 0 Å². The summed E-state index contributed by atoms with van der Waals surface area (Å²) in [7, 11) is -3.59. The van der Waals surface area contributed by atoms with Crippen LogP contribution in [0.2, 0.25) is 0 Å². The van der Waals surface area contributed by atoms with E-state index in [2.05, 4.69) is 15.1 Å². The van der Waals surface area contributed by atoms with E-state index >= 15 is 0 Å². The minimum Gasteiger partial charge on any atom is -0.200 e. The van der Waals surface area contributed by atoms with Gasteiger partial charge in [-0.25, -0.2) is 0 Å². The van der Waals surface area contributed by atoms with E-state index in [4.69, 9.17) is 0 Å². The van der Waals surface area contributed by atoms with Gasteiger partial charge in [-0.3, -0.25) is 0 Å². The molecule has 16 heavy (non-hydrogen) atoms. The fourth-order valence-electron chi connectivity index (χ4n) is 1.15. The number of nitrogens with zero attached hydrogens (tertiary/aromatic N) is 3. The molecule has 0 fully saturated rings. The van der Waals surface area contributed by atoms with Gasteiger partial charge in [-0.2, -0.15) is 18.0 Å². The van der Waals surface area contributed by atoms with E-state index in [1.807, 2.05) is 6.92 Å². The third-order valence-electron chi connectivity index (χ3n) is 1.97. The van der Waals surface area contributed by atoms with Crippen LogP contribution in [-0.2, 0) is 10.0 Å². The van der Waals surface area contributed by atoms with Crippen molar-refractivity contribution in [3.8, 4) is 0 Å². The number of aryl methyl sites for hydroxylation is 1. The van der Waals surface area contributed by atoms with Crippen molar-refractivity contribution in [2.45, 2.75) is 11.8 Å². The molecule has 0 aliphatic rings. The highest BCUT2D eigenvalue weighted by molar-refractivity contribution is 7.92. The van der Waals surface area contributed by atoms with Crippen LogP contribution in [0.15, 0.2) is 41.6 Å². The van der Waals surface area contributed by atoms with E-state index in [-0.39, 0.29) is 4.90 Å². The van der Waals surface area contributed by atoms with Crippen molar-refractivity contribution in [1.82, 2.24) is 15.1 Å². The molecule has 0 aliphatic carbocycles. The highest BCUT2D eigenvalue weighted by Gasteiger charge is 2.13. The minimum atomic E-state index is -3.59. The van der Waals surface area contributed by atoms with Crippen molar-refractivity contribution >= 4 is 10.0 Å². The molecule has 1 aromatic carbocycles. The molecule has 0 radical (unpaired) electrons. The molecule has 0 bridgehead atoms. The maximum atomic E-state index is 11.8. The summed E-state index contributed by atoms with van der Waals surface area (Å²) in [6, 6.07) is 6.54. The number of rotatable bonds is 3. The van der Waals surface area contributed by atoms with E-state index in [0.717, 1.165) is 10.4 Å². The number of hydrogen-bond acceptors (Lipinski definition) is 4. The maximum absolute atomic E-state index is 11.8. The predicted molar refractivity (Wildman–Crippen MR) is 57.7 cm³/mol. The van der Waals surface area contributed by atoms with E-state index in [1.54, 1.807) is 12.1 Å². The van der Waals surface area contributed by atoms with Gasteiger partial charge < -0.3 is 0 Å².